The number of fused-ring (bicyclic) bond motifs is 1. The second-order valence-electron chi connectivity index (χ2n) is 4.78. The summed E-state index contributed by atoms with van der Waals surface area (Å²) in [6, 6.07) is 6.11. The van der Waals surface area contributed by atoms with Crippen molar-refractivity contribution in [2.45, 2.75) is 13.0 Å². The zero-order valence-corrected chi connectivity index (χ0v) is 11.3. The highest BCUT2D eigenvalue weighted by molar-refractivity contribution is 5.67. The van der Waals surface area contributed by atoms with Gasteiger partial charge in [-0.25, -0.2) is 4.98 Å². The number of para-hydroxylation sites is 1. The van der Waals surface area contributed by atoms with Crippen molar-refractivity contribution in [2.75, 3.05) is 30.0 Å². The van der Waals surface area contributed by atoms with E-state index in [9.17, 15) is 0 Å². The monoisotopic (exact) mass is 271 g/mol. The van der Waals surface area contributed by atoms with Crippen LogP contribution in [0.4, 0.5) is 17.5 Å². The van der Waals surface area contributed by atoms with Gasteiger partial charge in [0.05, 0.1) is 12.8 Å². The first-order valence-corrected chi connectivity index (χ1v) is 6.46. The highest BCUT2D eigenvalue weighted by atomic mass is 16.5. The Labute approximate surface area is 117 Å². The molecule has 1 aliphatic rings. The van der Waals surface area contributed by atoms with Crippen molar-refractivity contribution in [3.63, 3.8) is 0 Å². The SMILES string of the molecule is COc1cccc2c1N(Cc1cnc(N)nc1N)CC2. The van der Waals surface area contributed by atoms with Gasteiger partial charge in [0.2, 0.25) is 5.95 Å². The Kier molecular flexibility index (Phi) is 3.06. The molecular formula is C14H17N5O. The lowest BCUT2D eigenvalue weighted by atomic mass is 10.1. The van der Waals surface area contributed by atoms with E-state index in [1.807, 2.05) is 12.1 Å². The molecule has 3 rings (SSSR count). The first-order chi connectivity index (χ1) is 9.69. The Morgan fingerprint density at radius 2 is 2.20 bits per heavy atom. The average molecular weight is 271 g/mol. The number of nitrogens with two attached hydrogens (primary N) is 2. The minimum absolute atomic E-state index is 0.200. The van der Waals surface area contributed by atoms with Crippen LogP contribution in [0.25, 0.3) is 0 Å². The molecule has 1 aromatic carbocycles. The molecule has 0 saturated carbocycles. The molecule has 6 heteroatoms. The molecule has 1 aromatic heterocycles. The van der Waals surface area contributed by atoms with E-state index in [1.165, 1.54) is 5.56 Å². The summed E-state index contributed by atoms with van der Waals surface area (Å²) in [6.07, 6.45) is 2.69. The predicted octanol–water partition coefficient (Wildman–Crippen LogP) is 1.21. The zero-order chi connectivity index (χ0) is 14.1. The number of methoxy groups -OCH3 is 1. The van der Waals surface area contributed by atoms with Crippen LogP contribution in [0.3, 0.4) is 0 Å². The summed E-state index contributed by atoms with van der Waals surface area (Å²) < 4.78 is 5.45. The van der Waals surface area contributed by atoms with E-state index < -0.39 is 0 Å². The van der Waals surface area contributed by atoms with E-state index in [0.717, 1.165) is 30.0 Å². The normalized spacial score (nSPS) is 13.3. The van der Waals surface area contributed by atoms with Crippen molar-refractivity contribution in [3.8, 4) is 5.75 Å². The summed E-state index contributed by atoms with van der Waals surface area (Å²) in [5.74, 6) is 1.52. The fourth-order valence-electron chi connectivity index (χ4n) is 2.58. The standard InChI is InChI=1S/C14H17N5O/c1-20-11-4-2-3-9-5-6-19(12(9)11)8-10-7-17-14(16)18-13(10)15/h2-4,7H,5-6,8H2,1H3,(H4,15,16,17,18). The molecule has 0 saturated heterocycles. The molecule has 4 N–H and O–H groups in total. The fourth-order valence-corrected chi connectivity index (χ4v) is 2.58. The molecule has 2 aromatic rings. The molecule has 0 spiro atoms. The molecule has 1 aliphatic heterocycles. The number of nitrogens with zero attached hydrogens (tertiary/aromatic N) is 3. The lowest BCUT2D eigenvalue weighted by molar-refractivity contribution is 0.415. The summed E-state index contributed by atoms with van der Waals surface area (Å²) in [6.45, 7) is 1.58. The van der Waals surface area contributed by atoms with Crippen molar-refractivity contribution in [1.29, 1.82) is 0 Å². The van der Waals surface area contributed by atoms with Gasteiger partial charge in [-0.2, -0.15) is 4.98 Å². The van der Waals surface area contributed by atoms with Crippen molar-refractivity contribution >= 4 is 17.5 Å². The third-order valence-electron chi connectivity index (χ3n) is 3.55. The topological polar surface area (TPSA) is 90.3 Å². The Hall–Kier alpha value is -2.50. The van der Waals surface area contributed by atoms with Gasteiger partial charge in [0, 0.05) is 24.8 Å². The van der Waals surface area contributed by atoms with Gasteiger partial charge in [0.15, 0.2) is 0 Å². The quantitative estimate of drug-likeness (QED) is 0.872. The summed E-state index contributed by atoms with van der Waals surface area (Å²) >= 11 is 0. The highest BCUT2D eigenvalue weighted by Crippen LogP contribution is 2.38. The van der Waals surface area contributed by atoms with Crippen LogP contribution >= 0.6 is 0 Å². The number of hydrogen-bond acceptors (Lipinski definition) is 6. The lowest BCUT2D eigenvalue weighted by Gasteiger charge is -2.21. The average Bonchev–Trinajstić information content (AvgIpc) is 2.85. The fraction of sp³-hybridized carbons (Fsp3) is 0.286. The first kappa shape index (κ1) is 12.5. The minimum Gasteiger partial charge on any atom is -0.495 e. The van der Waals surface area contributed by atoms with E-state index >= 15 is 0 Å². The van der Waals surface area contributed by atoms with Crippen molar-refractivity contribution in [3.05, 3.63) is 35.5 Å². The molecular weight excluding hydrogens is 254 g/mol. The molecule has 0 unspecified atom stereocenters. The highest BCUT2D eigenvalue weighted by Gasteiger charge is 2.23. The third-order valence-corrected chi connectivity index (χ3v) is 3.55. The van der Waals surface area contributed by atoms with Crippen LogP contribution in [0.1, 0.15) is 11.1 Å². The van der Waals surface area contributed by atoms with E-state index in [0.29, 0.717) is 12.4 Å². The number of anilines is 3. The van der Waals surface area contributed by atoms with E-state index in [1.54, 1.807) is 13.3 Å². The predicted molar refractivity (Wildman–Crippen MR) is 78.6 cm³/mol. The van der Waals surface area contributed by atoms with Crippen LogP contribution in [0, 0.1) is 0 Å². The molecule has 2 heterocycles. The van der Waals surface area contributed by atoms with Crippen molar-refractivity contribution in [1.82, 2.24) is 9.97 Å². The molecule has 0 fully saturated rings. The summed E-state index contributed by atoms with van der Waals surface area (Å²) in [7, 11) is 1.69. The molecule has 0 aliphatic carbocycles. The number of benzene rings is 1. The molecule has 20 heavy (non-hydrogen) atoms. The van der Waals surface area contributed by atoms with Gasteiger partial charge in [-0.1, -0.05) is 12.1 Å². The molecule has 6 nitrogen and oxygen atoms in total. The van der Waals surface area contributed by atoms with Gasteiger partial charge in [0.1, 0.15) is 11.6 Å². The van der Waals surface area contributed by atoms with Crippen LogP contribution in [-0.4, -0.2) is 23.6 Å². The zero-order valence-electron chi connectivity index (χ0n) is 11.3. The maximum Gasteiger partial charge on any atom is 0.221 e. The number of hydrogen-bond donors (Lipinski definition) is 2. The van der Waals surface area contributed by atoms with E-state index in [-0.39, 0.29) is 5.95 Å². The molecule has 0 atom stereocenters. The maximum atomic E-state index is 5.90. The van der Waals surface area contributed by atoms with Gasteiger partial charge in [-0.15, -0.1) is 0 Å². The lowest BCUT2D eigenvalue weighted by Crippen LogP contribution is -2.21. The molecule has 104 valence electrons. The maximum absolute atomic E-state index is 5.90. The Balaban J connectivity index is 1.92. The molecule has 0 radical (unpaired) electrons. The second-order valence-corrected chi connectivity index (χ2v) is 4.78. The Morgan fingerprint density at radius 1 is 1.35 bits per heavy atom. The van der Waals surface area contributed by atoms with Crippen molar-refractivity contribution in [2.24, 2.45) is 0 Å². The minimum atomic E-state index is 0.200. The third kappa shape index (κ3) is 2.09. The smallest absolute Gasteiger partial charge is 0.221 e. The van der Waals surface area contributed by atoms with Crippen molar-refractivity contribution < 1.29 is 4.74 Å². The second kappa shape index (κ2) is 4.88. The number of rotatable bonds is 3. The van der Waals surface area contributed by atoms with Gasteiger partial charge in [-0.3, -0.25) is 0 Å². The van der Waals surface area contributed by atoms with Crippen LogP contribution in [0.15, 0.2) is 24.4 Å². The summed E-state index contributed by atoms with van der Waals surface area (Å²) in [5, 5.41) is 0. The Bertz CT molecular complexity index is 643. The summed E-state index contributed by atoms with van der Waals surface area (Å²) in [4.78, 5) is 10.2. The van der Waals surface area contributed by atoms with E-state index in [4.69, 9.17) is 16.2 Å². The number of nitrogen functional groups attached to an aromatic ring is 2. The molecule has 0 bridgehead atoms. The van der Waals surface area contributed by atoms with Crippen LogP contribution < -0.4 is 21.1 Å². The van der Waals surface area contributed by atoms with Gasteiger partial charge in [0.25, 0.3) is 0 Å². The number of ether oxygens (including phenoxy) is 1. The van der Waals surface area contributed by atoms with Crippen LogP contribution in [0.2, 0.25) is 0 Å². The first-order valence-electron chi connectivity index (χ1n) is 6.46. The largest absolute Gasteiger partial charge is 0.495 e. The van der Waals surface area contributed by atoms with Gasteiger partial charge >= 0.3 is 0 Å². The van der Waals surface area contributed by atoms with Crippen LogP contribution in [0.5, 0.6) is 5.75 Å². The Morgan fingerprint density at radius 3 is 2.95 bits per heavy atom. The number of aromatic nitrogens is 2. The molecule has 0 amide bonds. The van der Waals surface area contributed by atoms with Gasteiger partial charge < -0.3 is 21.1 Å². The van der Waals surface area contributed by atoms with E-state index in [2.05, 4.69) is 20.9 Å². The van der Waals surface area contributed by atoms with Gasteiger partial charge in [-0.05, 0) is 18.1 Å². The summed E-state index contributed by atoms with van der Waals surface area (Å²) in [5.41, 5.74) is 14.7. The van der Waals surface area contributed by atoms with Crippen LogP contribution in [-0.2, 0) is 13.0 Å².